The molecule has 6 nitrogen and oxygen atoms in total. The van der Waals surface area contributed by atoms with Crippen molar-refractivity contribution in [3.8, 4) is 0 Å². The van der Waals surface area contributed by atoms with Crippen molar-refractivity contribution in [2.45, 2.75) is 112 Å². The summed E-state index contributed by atoms with van der Waals surface area (Å²) in [6, 6.07) is 9.01. The molecule has 4 rings (SSSR count). The quantitative estimate of drug-likeness (QED) is 0.0537. The Morgan fingerprint density at radius 3 is 2.41 bits per heavy atom. The topological polar surface area (TPSA) is 71.6 Å². The van der Waals surface area contributed by atoms with Gasteiger partial charge >= 0.3 is 0 Å². The van der Waals surface area contributed by atoms with Crippen LogP contribution in [0, 0.1) is 5.41 Å². The third-order valence-electron chi connectivity index (χ3n) is 9.30. The van der Waals surface area contributed by atoms with Crippen molar-refractivity contribution in [1.29, 1.82) is 5.41 Å². The molecule has 0 unspecified atom stereocenters. The van der Waals surface area contributed by atoms with Gasteiger partial charge in [-0.3, -0.25) is 10.3 Å². The molecule has 4 N–H and O–H groups in total. The van der Waals surface area contributed by atoms with E-state index in [9.17, 15) is 0 Å². The van der Waals surface area contributed by atoms with Crippen LogP contribution >= 0.6 is 0 Å². The van der Waals surface area contributed by atoms with Gasteiger partial charge in [-0.15, -0.1) is 6.58 Å². The zero-order valence-corrected chi connectivity index (χ0v) is 32.1. The highest BCUT2D eigenvalue weighted by Crippen LogP contribution is 2.26. The summed E-state index contributed by atoms with van der Waals surface area (Å²) in [5.41, 5.74) is 12.8. The lowest BCUT2D eigenvalue weighted by atomic mass is 9.95. The summed E-state index contributed by atoms with van der Waals surface area (Å²) in [5, 5.41) is 12.1. The lowest BCUT2D eigenvalue weighted by Gasteiger charge is -2.26. The Bertz CT molecular complexity index is 1280. The molecule has 6 heteroatoms. The SMILES string of the molecule is C=CCCCCCCc1cccc(C(=C\C)/C=C(\N/C(C)=C(\C(=N)N)C2=CC=CCC2)N2CCN(CCC)C2)c1.CC.CN1CCCCC1. The van der Waals surface area contributed by atoms with Crippen LogP contribution in [0.4, 0.5) is 0 Å². The second kappa shape index (κ2) is 24.7. The van der Waals surface area contributed by atoms with Gasteiger partial charge in [0.25, 0.3) is 0 Å². The van der Waals surface area contributed by atoms with Crippen molar-refractivity contribution in [1.82, 2.24) is 20.0 Å². The smallest absolute Gasteiger partial charge is 0.124 e. The molecular formula is C43H70N6. The van der Waals surface area contributed by atoms with E-state index in [0.717, 1.165) is 81.1 Å². The lowest BCUT2D eigenvalue weighted by Crippen LogP contribution is -2.33. The van der Waals surface area contributed by atoms with Gasteiger partial charge in [-0.2, -0.15) is 0 Å². The molecule has 272 valence electrons. The number of benzene rings is 1. The number of piperidine rings is 1. The number of likely N-dealkylation sites (tertiary alicyclic amines) is 1. The third-order valence-corrected chi connectivity index (χ3v) is 9.30. The predicted octanol–water partition coefficient (Wildman–Crippen LogP) is 9.80. The van der Waals surface area contributed by atoms with Crippen LogP contribution in [0.5, 0.6) is 0 Å². The van der Waals surface area contributed by atoms with E-state index in [1.807, 2.05) is 19.9 Å². The predicted molar refractivity (Wildman–Crippen MR) is 216 cm³/mol. The fourth-order valence-corrected chi connectivity index (χ4v) is 6.64. The van der Waals surface area contributed by atoms with Gasteiger partial charge in [-0.05, 0) is 127 Å². The number of rotatable bonds is 16. The molecule has 1 aromatic rings. The van der Waals surface area contributed by atoms with Gasteiger partial charge in [-0.1, -0.05) is 94.7 Å². The van der Waals surface area contributed by atoms with Crippen molar-refractivity contribution >= 4 is 11.4 Å². The zero-order chi connectivity index (χ0) is 35.9. The van der Waals surface area contributed by atoms with Crippen LogP contribution < -0.4 is 11.1 Å². The van der Waals surface area contributed by atoms with E-state index < -0.39 is 0 Å². The molecule has 2 fully saturated rings. The third kappa shape index (κ3) is 15.4. The fourth-order valence-electron chi connectivity index (χ4n) is 6.64. The Kier molecular flexibility index (Phi) is 21.1. The van der Waals surface area contributed by atoms with E-state index in [1.165, 1.54) is 74.7 Å². The first kappa shape index (κ1) is 41.8. The van der Waals surface area contributed by atoms with Gasteiger partial charge in [0.1, 0.15) is 11.7 Å². The van der Waals surface area contributed by atoms with Crippen molar-refractivity contribution in [2.24, 2.45) is 5.73 Å². The number of hydrogen-bond acceptors (Lipinski definition) is 5. The van der Waals surface area contributed by atoms with E-state index >= 15 is 0 Å². The fraction of sp³-hybridized carbons (Fsp3) is 0.558. The number of amidine groups is 1. The first-order chi connectivity index (χ1) is 23.9. The largest absolute Gasteiger partial charge is 0.384 e. The molecule has 2 saturated heterocycles. The maximum atomic E-state index is 8.36. The van der Waals surface area contributed by atoms with Gasteiger partial charge in [0.05, 0.1) is 6.67 Å². The monoisotopic (exact) mass is 671 g/mol. The average Bonchev–Trinajstić information content (AvgIpc) is 3.59. The molecule has 3 aliphatic rings. The molecule has 0 atom stereocenters. The van der Waals surface area contributed by atoms with E-state index in [-0.39, 0.29) is 5.84 Å². The lowest BCUT2D eigenvalue weighted by molar-refractivity contribution is 0.273. The van der Waals surface area contributed by atoms with Crippen molar-refractivity contribution in [3.05, 3.63) is 101 Å². The molecule has 1 aromatic carbocycles. The zero-order valence-electron chi connectivity index (χ0n) is 32.1. The van der Waals surface area contributed by atoms with Gasteiger partial charge < -0.3 is 20.9 Å². The molecule has 1 aliphatic carbocycles. The minimum absolute atomic E-state index is 0.114. The van der Waals surface area contributed by atoms with Crippen LogP contribution in [0.2, 0.25) is 0 Å². The first-order valence-corrected chi connectivity index (χ1v) is 19.3. The van der Waals surface area contributed by atoms with Crippen LogP contribution in [-0.2, 0) is 6.42 Å². The standard InChI is InChI=1S/C35H51N5.C6H13N.C2H6/c1-5-8-9-10-11-13-17-29-18-16-21-32(25-29)30(7-3)26-33(40-24-23-39(27-40)22-6-2)38-28(4)34(35(36)37)31-19-14-12-15-20-31;1-7-5-3-2-4-6-7;1-2/h5,7,12,14,16,18-19,21,25-26,38H,1,6,8-11,13,15,17,20,22-24,27H2,2-4H3,(H3,36,37);2-6H2,1H3;1-2H3/b30-7-,33-26+,34-28-;;. The Morgan fingerprint density at radius 1 is 1.04 bits per heavy atom. The van der Waals surface area contributed by atoms with Crippen LogP contribution in [-0.4, -0.2) is 67.0 Å². The maximum Gasteiger partial charge on any atom is 0.124 e. The van der Waals surface area contributed by atoms with E-state index in [2.05, 4.69) is 109 Å². The highest BCUT2D eigenvalue weighted by atomic mass is 15.4. The highest BCUT2D eigenvalue weighted by Gasteiger charge is 2.23. The summed E-state index contributed by atoms with van der Waals surface area (Å²) < 4.78 is 0. The molecule has 2 aliphatic heterocycles. The molecule has 49 heavy (non-hydrogen) atoms. The molecule has 0 amide bonds. The average molecular weight is 671 g/mol. The highest BCUT2D eigenvalue weighted by molar-refractivity contribution is 5.99. The number of nitrogens with two attached hydrogens (primary N) is 1. The van der Waals surface area contributed by atoms with E-state index in [1.54, 1.807) is 0 Å². The number of allylic oxidation sites excluding steroid dienone is 8. The van der Waals surface area contributed by atoms with Crippen molar-refractivity contribution in [2.75, 3.05) is 46.4 Å². The van der Waals surface area contributed by atoms with Gasteiger partial charge in [0.2, 0.25) is 0 Å². The summed E-state index contributed by atoms with van der Waals surface area (Å²) in [7, 11) is 2.19. The first-order valence-electron chi connectivity index (χ1n) is 19.3. The van der Waals surface area contributed by atoms with E-state index in [0.29, 0.717) is 0 Å². The number of aryl methyl sites for hydroxylation is 1. The molecule has 0 aromatic heterocycles. The van der Waals surface area contributed by atoms with Crippen LogP contribution in [0.15, 0.2) is 90.0 Å². The Hall–Kier alpha value is -3.35. The van der Waals surface area contributed by atoms with Gasteiger partial charge in [0.15, 0.2) is 0 Å². The number of hydrogen-bond donors (Lipinski definition) is 3. The molecule has 0 saturated carbocycles. The molecule has 0 radical (unpaired) electrons. The van der Waals surface area contributed by atoms with Crippen molar-refractivity contribution in [3.63, 3.8) is 0 Å². The Labute approximate surface area is 301 Å². The van der Waals surface area contributed by atoms with E-state index in [4.69, 9.17) is 11.1 Å². The van der Waals surface area contributed by atoms with Crippen molar-refractivity contribution < 1.29 is 0 Å². The summed E-state index contributed by atoms with van der Waals surface area (Å²) in [4.78, 5) is 7.31. The van der Waals surface area contributed by atoms with Crippen LogP contribution in [0.3, 0.4) is 0 Å². The van der Waals surface area contributed by atoms with Gasteiger partial charge in [0, 0.05) is 24.4 Å². The summed E-state index contributed by atoms with van der Waals surface area (Å²) >= 11 is 0. The molecule has 2 heterocycles. The van der Waals surface area contributed by atoms with Crippen LogP contribution in [0.1, 0.15) is 116 Å². The molecule has 0 bridgehead atoms. The maximum absolute atomic E-state index is 8.36. The minimum Gasteiger partial charge on any atom is -0.384 e. The number of nitrogens with zero attached hydrogens (tertiary/aromatic N) is 3. The second-order valence-electron chi connectivity index (χ2n) is 13.3. The van der Waals surface area contributed by atoms with Gasteiger partial charge in [-0.25, -0.2) is 0 Å². The molecule has 0 spiro atoms. The second-order valence-corrected chi connectivity index (χ2v) is 13.3. The summed E-state index contributed by atoms with van der Waals surface area (Å²) in [6.07, 6.45) is 27.4. The Morgan fingerprint density at radius 2 is 1.80 bits per heavy atom. The Balaban J connectivity index is 0.000000809. The normalized spacial score (nSPS) is 17.7. The minimum atomic E-state index is 0.114. The number of nitrogens with one attached hydrogen (secondary N) is 2. The molecular weight excluding hydrogens is 601 g/mol. The summed E-state index contributed by atoms with van der Waals surface area (Å²) in [5.74, 6) is 1.17. The van der Waals surface area contributed by atoms with Crippen LogP contribution in [0.25, 0.3) is 5.57 Å². The summed E-state index contributed by atoms with van der Waals surface area (Å²) in [6.45, 7) is 20.9. The number of unbranched alkanes of at least 4 members (excludes halogenated alkanes) is 4.